The predicted octanol–water partition coefficient (Wildman–Crippen LogP) is 2.23. The third kappa shape index (κ3) is 6.53. The van der Waals surface area contributed by atoms with Crippen LogP contribution in [0.3, 0.4) is 0 Å². The Kier molecular flexibility index (Phi) is 7.74. The van der Waals surface area contributed by atoms with Crippen LogP contribution in [-0.2, 0) is 9.63 Å². The van der Waals surface area contributed by atoms with Crippen molar-refractivity contribution in [2.75, 3.05) is 31.1 Å². The Morgan fingerprint density at radius 1 is 0.875 bits per heavy atom. The average molecular weight is 436 g/mol. The van der Waals surface area contributed by atoms with E-state index >= 15 is 0 Å². The van der Waals surface area contributed by atoms with Gasteiger partial charge in [-0.25, -0.2) is 10.3 Å². The summed E-state index contributed by atoms with van der Waals surface area (Å²) in [6.07, 6.45) is 5.21. The number of anilines is 1. The Labute approximate surface area is 185 Å². The van der Waals surface area contributed by atoms with E-state index in [0.29, 0.717) is 31.7 Å². The summed E-state index contributed by atoms with van der Waals surface area (Å²) in [5, 5.41) is 10.0. The summed E-state index contributed by atoms with van der Waals surface area (Å²) in [5.41, 5.74) is 9.75. The fourth-order valence-corrected chi connectivity index (χ4v) is 3.20. The molecule has 1 aliphatic heterocycles. The number of hydroxylamine groups is 3. The first-order valence-electron chi connectivity index (χ1n) is 9.96. The lowest BCUT2D eigenvalue weighted by Crippen LogP contribution is -2.47. The van der Waals surface area contributed by atoms with E-state index in [1.807, 2.05) is 24.3 Å². The first-order valence-corrected chi connectivity index (χ1v) is 9.96. The maximum Gasteiger partial charge on any atom is 0.423 e. The van der Waals surface area contributed by atoms with Crippen LogP contribution in [0.4, 0.5) is 10.5 Å². The fraction of sp³-hybridized carbons (Fsp3) is 0.174. The van der Waals surface area contributed by atoms with Gasteiger partial charge < -0.3 is 15.5 Å². The summed E-state index contributed by atoms with van der Waals surface area (Å²) in [6.45, 7) is 2.46. The molecule has 0 aliphatic carbocycles. The SMILES string of the molecule is NC(=O)ON1CCN(c2ccc(C(=O)/C=C/c3ccc(/C=C/C(=O)NO)cc3)cc2)CC1. The second kappa shape index (κ2) is 10.9. The predicted molar refractivity (Wildman–Crippen MR) is 120 cm³/mol. The second-order valence-electron chi connectivity index (χ2n) is 7.05. The summed E-state index contributed by atoms with van der Waals surface area (Å²) in [7, 11) is 0. The Bertz CT molecular complexity index is 1010. The van der Waals surface area contributed by atoms with Gasteiger partial charge in [-0.2, -0.15) is 0 Å². The molecule has 1 aliphatic rings. The van der Waals surface area contributed by atoms with Gasteiger partial charge in [0.25, 0.3) is 5.91 Å². The summed E-state index contributed by atoms with van der Waals surface area (Å²) < 4.78 is 0. The molecule has 0 bridgehead atoms. The number of piperazine rings is 1. The molecule has 1 heterocycles. The van der Waals surface area contributed by atoms with Crippen LogP contribution in [0.25, 0.3) is 12.2 Å². The zero-order valence-electron chi connectivity index (χ0n) is 17.3. The number of hydrogen-bond donors (Lipinski definition) is 3. The van der Waals surface area contributed by atoms with E-state index in [4.69, 9.17) is 15.8 Å². The fourth-order valence-electron chi connectivity index (χ4n) is 3.20. The lowest BCUT2D eigenvalue weighted by Gasteiger charge is -2.34. The summed E-state index contributed by atoms with van der Waals surface area (Å²) in [6, 6.07) is 14.6. The highest BCUT2D eigenvalue weighted by Gasteiger charge is 2.19. The molecule has 3 rings (SSSR count). The van der Waals surface area contributed by atoms with Crippen molar-refractivity contribution in [3.8, 4) is 0 Å². The Hall–Kier alpha value is -3.95. The molecular formula is C23H24N4O5. The first-order chi connectivity index (χ1) is 15.4. The molecule has 9 nitrogen and oxygen atoms in total. The number of nitrogens with zero attached hydrogens (tertiary/aromatic N) is 2. The van der Waals surface area contributed by atoms with Gasteiger partial charge in [0.05, 0.1) is 13.1 Å². The van der Waals surface area contributed by atoms with Crippen LogP contribution in [0.1, 0.15) is 21.5 Å². The molecule has 0 atom stereocenters. The van der Waals surface area contributed by atoms with Crippen LogP contribution < -0.4 is 16.1 Å². The van der Waals surface area contributed by atoms with Crippen molar-refractivity contribution in [2.24, 2.45) is 5.73 Å². The summed E-state index contributed by atoms with van der Waals surface area (Å²) in [5.74, 6) is -0.718. The van der Waals surface area contributed by atoms with Crippen LogP contribution in [0.5, 0.6) is 0 Å². The van der Waals surface area contributed by atoms with Crippen molar-refractivity contribution in [1.29, 1.82) is 0 Å². The molecule has 0 saturated carbocycles. The third-order valence-corrected chi connectivity index (χ3v) is 4.88. The maximum absolute atomic E-state index is 12.5. The Morgan fingerprint density at radius 3 is 1.97 bits per heavy atom. The third-order valence-electron chi connectivity index (χ3n) is 4.88. The van der Waals surface area contributed by atoms with Crippen molar-refractivity contribution < 1.29 is 24.4 Å². The van der Waals surface area contributed by atoms with Crippen LogP contribution in [-0.4, -0.2) is 54.2 Å². The molecule has 1 saturated heterocycles. The van der Waals surface area contributed by atoms with Gasteiger partial charge in [0.2, 0.25) is 0 Å². The molecular weight excluding hydrogens is 412 g/mol. The van der Waals surface area contributed by atoms with Crippen LogP contribution >= 0.6 is 0 Å². The first kappa shape index (κ1) is 22.7. The van der Waals surface area contributed by atoms with Gasteiger partial charge >= 0.3 is 6.09 Å². The number of nitrogens with two attached hydrogens (primary N) is 1. The van der Waals surface area contributed by atoms with Gasteiger partial charge in [0, 0.05) is 30.4 Å². The smallest absolute Gasteiger partial charge is 0.369 e. The van der Waals surface area contributed by atoms with E-state index < -0.39 is 12.0 Å². The number of hydrogen-bond acceptors (Lipinski definition) is 7. The highest BCUT2D eigenvalue weighted by Crippen LogP contribution is 2.18. The van der Waals surface area contributed by atoms with Crippen molar-refractivity contribution in [1.82, 2.24) is 10.5 Å². The average Bonchev–Trinajstić information content (AvgIpc) is 2.82. The lowest BCUT2D eigenvalue weighted by molar-refractivity contribution is -0.124. The minimum absolute atomic E-state index is 0.111. The van der Waals surface area contributed by atoms with E-state index in [0.717, 1.165) is 16.8 Å². The van der Waals surface area contributed by atoms with Gasteiger partial charge in [-0.05, 0) is 47.5 Å². The van der Waals surface area contributed by atoms with E-state index in [1.54, 1.807) is 36.4 Å². The molecule has 0 aromatic heterocycles. The molecule has 2 amide bonds. The second-order valence-corrected chi connectivity index (χ2v) is 7.05. The molecule has 2 aromatic carbocycles. The van der Waals surface area contributed by atoms with E-state index in [1.165, 1.54) is 22.7 Å². The molecule has 2 aromatic rings. The number of allylic oxidation sites excluding steroid dienone is 1. The Morgan fingerprint density at radius 2 is 1.44 bits per heavy atom. The number of primary amides is 1. The number of nitrogens with one attached hydrogen (secondary N) is 1. The molecule has 4 N–H and O–H groups in total. The number of benzene rings is 2. The van der Waals surface area contributed by atoms with Crippen molar-refractivity contribution in [3.63, 3.8) is 0 Å². The lowest BCUT2D eigenvalue weighted by atomic mass is 10.1. The standard InChI is InChI=1S/C23H24N4O5/c24-23(30)32-27-15-13-26(14-16-27)20-9-7-19(8-10-20)21(28)11-5-17-1-3-18(4-2-17)6-12-22(29)25-31/h1-12,31H,13-16H2,(H2,24,30)(H,25,29)/b11-5+,12-6+. The maximum atomic E-state index is 12.5. The normalized spacial score (nSPS) is 14.6. The quantitative estimate of drug-likeness (QED) is 0.263. The van der Waals surface area contributed by atoms with E-state index in [2.05, 4.69) is 4.90 Å². The monoisotopic (exact) mass is 436 g/mol. The highest BCUT2D eigenvalue weighted by molar-refractivity contribution is 6.07. The van der Waals surface area contributed by atoms with E-state index in [9.17, 15) is 14.4 Å². The molecule has 1 fully saturated rings. The number of carbonyl (C=O) groups excluding carboxylic acids is 3. The van der Waals surface area contributed by atoms with Gasteiger partial charge in [-0.15, -0.1) is 5.06 Å². The zero-order valence-corrected chi connectivity index (χ0v) is 17.3. The van der Waals surface area contributed by atoms with Crippen molar-refractivity contribution >= 4 is 35.6 Å². The Balaban J connectivity index is 1.54. The number of rotatable bonds is 7. The van der Waals surface area contributed by atoms with Crippen LogP contribution in [0.15, 0.2) is 60.7 Å². The number of ketones is 1. The van der Waals surface area contributed by atoms with Crippen LogP contribution in [0.2, 0.25) is 0 Å². The highest BCUT2D eigenvalue weighted by atomic mass is 16.7. The molecule has 0 radical (unpaired) electrons. The minimum atomic E-state index is -0.811. The minimum Gasteiger partial charge on any atom is -0.369 e. The molecule has 166 valence electrons. The molecule has 9 heteroatoms. The van der Waals surface area contributed by atoms with Gasteiger partial charge in [-0.3, -0.25) is 14.8 Å². The topological polar surface area (TPSA) is 125 Å². The zero-order chi connectivity index (χ0) is 22.9. The molecule has 32 heavy (non-hydrogen) atoms. The van der Waals surface area contributed by atoms with E-state index in [-0.39, 0.29) is 5.78 Å². The number of carbonyl (C=O) groups is 3. The van der Waals surface area contributed by atoms with Gasteiger partial charge in [0.1, 0.15) is 0 Å². The van der Waals surface area contributed by atoms with Gasteiger partial charge in [-0.1, -0.05) is 30.3 Å². The van der Waals surface area contributed by atoms with Gasteiger partial charge in [0.15, 0.2) is 5.78 Å². The van der Waals surface area contributed by atoms with Crippen molar-refractivity contribution in [2.45, 2.75) is 0 Å². The molecule has 0 spiro atoms. The van der Waals surface area contributed by atoms with Crippen molar-refractivity contribution in [3.05, 3.63) is 77.4 Å². The van der Waals surface area contributed by atoms with Crippen LogP contribution in [0, 0.1) is 0 Å². The summed E-state index contributed by atoms with van der Waals surface area (Å²) >= 11 is 0. The number of amides is 2. The molecule has 0 unspecified atom stereocenters. The summed E-state index contributed by atoms with van der Waals surface area (Å²) in [4.78, 5) is 41.3. The largest absolute Gasteiger partial charge is 0.423 e.